The van der Waals surface area contributed by atoms with Crippen molar-refractivity contribution in [3.8, 4) is 0 Å². The number of amides is 1. The van der Waals surface area contributed by atoms with Crippen LogP contribution in [-0.2, 0) is 0 Å². The molecular formula is C12H16Br2N2O. The molecule has 1 aromatic carbocycles. The molecular weight excluding hydrogens is 348 g/mol. The molecule has 0 fully saturated rings. The van der Waals surface area contributed by atoms with Crippen LogP contribution in [0.25, 0.3) is 0 Å². The van der Waals surface area contributed by atoms with Gasteiger partial charge in [0, 0.05) is 27.1 Å². The Kier molecular flexibility index (Phi) is 6.16. The van der Waals surface area contributed by atoms with Crippen LogP contribution in [0.15, 0.2) is 27.1 Å². The van der Waals surface area contributed by atoms with Crippen LogP contribution in [0, 0.1) is 0 Å². The summed E-state index contributed by atoms with van der Waals surface area (Å²) in [5, 5.41) is 2.93. The van der Waals surface area contributed by atoms with Crippen molar-refractivity contribution in [3.63, 3.8) is 0 Å². The van der Waals surface area contributed by atoms with E-state index in [-0.39, 0.29) is 11.9 Å². The minimum absolute atomic E-state index is 0.0465. The van der Waals surface area contributed by atoms with Gasteiger partial charge < -0.3 is 11.1 Å². The second kappa shape index (κ2) is 7.13. The van der Waals surface area contributed by atoms with Crippen molar-refractivity contribution in [2.75, 3.05) is 6.54 Å². The average Bonchev–Trinajstić information content (AvgIpc) is 2.27. The van der Waals surface area contributed by atoms with Crippen LogP contribution in [0.1, 0.15) is 30.1 Å². The third-order valence-corrected chi connectivity index (χ3v) is 3.30. The summed E-state index contributed by atoms with van der Waals surface area (Å²) in [7, 11) is 0. The van der Waals surface area contributed by atoms with E-state index in [1.807, 2.05) is 6.07 Å². The maximum Gasteiger partial charge on any atom is 0.251 e. The molecule has 0 aliphatic rings. The minimum atomic E-state index is -0.0871. The van der Waals surface area contributed by atoms with E-state index in [1.165, 1.54) is 0 Å². The van der Waals surface area contributed by atoms with Gasteiger partial charge in [-0.2, -0.15) is 0 Å². The van der Waals surface area contributed by atoms with Crippen molar-refractivity contribution in [1.82, 2.24) is 5.32 Å². The lowest BCUT2D eigenvalue weighted by Crippen LogP contribution is -2.40. The zero-order chi connectivity index (χ0) is 12.8. The highest BCUT2D eigenvalue weighted by atomic mass is 79.9. The number of nitrogens with two attached hydrogens (primary N) is 1. The first-order chi connectivity index (χ1) is 8.06. The second-order valence-corrected chi connectivity index (χ2v) is 5.68. The van der Waals surface area contributed by atoms with Crippen molar-refractivity contribution in [3.05, 3.63) is 32.7 Å². The van der Waals surface area contributed by atoms with E-state index in [0.29, 0.717) is 12.1 Å². The fourth-order valence-electron chi connectivity index (χ4n) is 1.55. The first kappa shape index (κ1) is 14.7. The number of benzene rings is 1. The molecule has 3 nitrogen and oxygen atoms in total. The Bertz CT molecular complexity index is 376. The average molecular weight is 364 g/mol. The SMILES string of the molecule is CCCC(CN)NC(=O)c1cc(Br)cc(Br)c1. The standard InChI is InChI=1S/C12H16Br2N2O/c1-2-3-11(7-15)16-12(17)8-4-9(13)6-10(14)5-8/h4-6,11H,2-3,7,15H2,1H3,(H,16,17). The lowest BCUT2D eigenvalue weighted by atomic mass is 10.1. The van der Waals surface area contributed by atoms with E-state index in [2.05, 4.69) is 44.1 Å². The molecule has 1 unspecified atom stereocenters. The number of carbonyl (C=O) groups excluding carboxylic acids is 1. The van der Waals surface area contributed by atoms with E-state index in [0.717, 1.165) is 21.8 Å². The Morgan fingerprint density at radius 3 is 2.41 bits per heavy atom. The molecule has 0 spiro atoms. The third kappa shape index (κ3) is 4.77. The summed E-state index contributed by atoms with van der Waals surface area (Å²) < 4.78 is 1.74. The molecule has 1 atom stereocenters. The van der Waals surface area contributed by atoms with Gasteiger partial charge in [0.05, 0.1) is 0 Å². The molecule has 0 radical (unpaired) electrons. The van der Waals surface area contributed by atoms with Crippen LogP contribution in [-0.4, -0.2) is 18.5 Å². The van der Waals surface area contributed by atoms with Gasteiger partial charge in [0.2, 0.25) is 0 Å². The molecule has 1 aromatic rings. The Balaban J connectivity index is 2.75. The summed E-state index contributed by atoms with van der Waals surface area (Å²) in [5.74, 6) is -0.0871. The Morgan fingerprint density at radius 2 is 1.94 bits per heavy atom. The van der Waals surface area contributed by atoms with Crippen LogP contribution < -0.4 is 11.1 Å². The van der Waals surface area contributed by atoms with Crippen LogP contribution in [0.2, 0.25) is 0 Å². The van der Waals surface area contributed by atoms with Crippen molar-refractivity contribution < 1.29 is 4.79 Å². The normalized spacial score (nSPS) is 12.2. The van der Waals surface area contributed by atoms with Gasteiger partial charge >= 0.3 is 0 Å². The molecule has 3 N–H and O–H groups in total. The summed E-state index contributed by atoms with van der Waals surface area (Å²) in [6, 6.07) is 5.52. The second-order valence-electron chi connectivity index (χ2n) is 3.85. The van der Waals surface area contributed by atoms with Crippen LogP contribution in [0.3, 0.4) is 0 Å². The zero-order valence-electron chi connectivity index (χ0n) is 9.67. The summed E-state index contributed by atoms with van der Waals surface area (Å²) >= 11 is 6.72. The van der Waals surface area contributed by atoms with Crippen molar-refractivity contribution in [2.45, 2.75) is 25.8 Å². The predicted molar refractivity (Wildman–Crippen MR) is 77.1 cm³/mol. The molecule has 5 heteroatoms. The first-order valence-electron chi connectivity index (χ1n) is 5.53. The lowest BCUT2D eigenvalue weighted by molar-refractivity contribution is 0.0936. The molecule has 94 valence electrons. The first-order valence-corrected chi connectivity index (χ1v) is 7.12. The van der Waals surface area contributed by atoms with Crippen LogP contribution in [0.4, 0.5) is 0 Å². The quantitative estimate of drug-likeness (QED) is 0.844. The number of carbonyl (C=O) groups is 1. The molecule has 0 heterocycles. The molecule has 1 amide bonds. The Morgan fingerprint density at radius 1 is 1.35 bits per heavy atom. The molecule has 17 heavy (non-hydrogen) atoms. The molecule has 0 saturated heterocycles. The van der Waals surface area contributed by atoms with Gasteiger partial charge in [0.25, 0.3) is 5.91 Å². The predicted octanol–water partition coefficient (Wildman–Crippen LogP) is 3.07. The monoisotopic (exact) mass is 362 g/mol. The molecule has 0 aliphatic carbocycles. The largest absolute Gasteiger partial charge is 0.348 e. The maximum absolute atomic E-state index is 12.0. The van der Waals surface area contributed by atoms with E-state index >= 15 is 0 Å². The topological polar surface area (TPSA) is 55.1 Å². The summed E-state index contributed by atoms with van der Waals surface area (Å²) in [4.78, 5) is 12.0. The summed E-state index contributed by atoms with van der Waals surface area (Å²) in [6.07, 6.45) is 1.90. The fourth-order valence-corrected chi connectivity index (χ4v) is 2.84. The van der Waals surface area contributed by atoms with Gasteiger partial charge in [-0.3, -0.25) is 4.79 Å². The van der Waals surface area contributed by atoms with Gasteiger partial charge in [-0.1, -0.05) is 45.2 Å². The highest BCUT2D eigenvalue weighted by molar-refractivity contribution is 9.11. The maximum atomic E-state index is 12.0. The van der Waals surface area contributed by atoms with Crippen LogP contribution >= 0.6 is 31.9 Å². The third-order valence-electron chi connectivity index (χ3n) is 2.38. The summed E-state index contributed by atoms with van der Waals surface area (Å²) in [5.41, 5.74) is 6.24. The molecule has 0 bridgehead atoms. The van der Waals surface area contributed by atoms with E-state index in [1.54, 1.807) is 12.1 Å². The number of hydrogen-bond acceptors (Lipinski definition) is 2. The van der Waals surface area contributed by atoms with Crippen molar-refractivity contribution in [1.29, 1.82) is 0 Å². The number of halogens is 2. The van der Waals surface area contributed by atoms with Gasteiger partial charge in [-0.25, -0.2) is 0 Å². The lowest BCUT2D eigenvalue weighted by Gasteiger charge is -2.16. The smallest absolute Gasteiger partial charge is 0.251 e. The van der Waals surface area contributed by atoms with Crippen molar-refractivity contribution in [2.24, 2.45) is 5.73 Å². The number of rotatable bonds is 5. The van der Waals surface area contributed by atoms with Crippen molar-refractivity contribution >= 4 is 37.8 Å². The zero-order valence-corrected chi connectivity index (χ0v) is 12.8. The van der Waals surface area contributed by atoms with E-state index < -0.39 is 0 Å². The highest BCUT2D eigenvalue weighted by Gasteiger charge is 2.12. The number of hydrogen-bond donors (Lipinski definition) is 2. The van der Waals surface area contributed by atoms with Gasteiger partial charge in [0.15, 0.2) is 0 Å². The van der Waals surface area contributed by atoms with E-state index in [9.17, 15) is 4.79 Å². The highest BCUT2D eigenvalue weighted by Crippen LogP contribution is 2.20. The van der Waals surface area contributed by atoms with E-state index in [4.69, 9.17) is 5.73 Å². The Hall–Kier alpha value is -0.390. The molecule has 1 rings (SSSR count). The molecule has 0 saturated carbocycles. The molecule has 0 aromatic heterocycles. The minimum Gasteiger partial charge on any atom is -0.348 e. The number of nitrogens with one attached hydrogen (secondary N) is 1. The van der Waals surface area contributed by atoms with Gasteiger partial charge in [-0.05, 0) is 24.6 Å². The Labute approximate surface area is 118 Å². The summed E-state index contributed by atoms with van der Waals surface area (Å²) in [6.45, 7) is 2.54. The van der Waals surface area contributed by atoms with Gasteiger partial charge in [0.1, 0.15) is 0 Å². The fraction of sp³-hybridized carbons (Fsp3) is 0.417. The van der Waals surface area contributed by atoms with Crippen LogP contribution in [0.5, 0.6) is 0 Å². The molecule has 0 aliphatic heterocycles. The van der Waals surface area contributed by atoms with Gasteiger partial charge in [-0.15, -0.1) is 0 Å².